The van der Waals surface area contributed by atoms with E-state index < -0.39 is 0 Å². The Morgan fingerprint density at radius 2 is 1.52 bits per heavy atom. The van der Waals surface area contributed by atoms with E-state index in [0.29, 0.717) is 12.5 Å². The van der Waals surface area contributed by atoms with E-state index >= 15 is 0 Å². The zero-order valence-electron chi connectivity index (χ0n) is 14.8. The lowest BCUT2D eigenvalue weighted by molar-refractivity contribution is 0.302. The quantitative estimate of drug-likeness (QED) is 0.472. The number of rotatable bonds is 6. The van der Waals surface area contributed by atoms with Gasteiger partial charge in [-0.25, -0.2) is 0 Å². The number of ether oxygens (including phenoxy) is 1. The molecule has 3 aromatic carbocycles. The first-order chi connectivity index (χ1) is 12.2. The Labute approximate surface area is 155 Å². The van der Waals surface area contributed by atoms with Gasteiger partial charge in [0.15, 0.2) is 0 Å². The molecule has 0 amide bonds. The summed E-state index contributed by atoms with van der Waals surface area (Å²) in [6.45, 7) is 4.82. The van der Waals surface area contributed by atoms with Gasteiger partial charge in [0.1, 0.15) is 12.4 Å². The smallest absolute Gasteiger partial charge is 0.126 e. The molecule has 0 aliphatic rings. The highest BCUT2D eigenvalue weighted by molar-refractivity contribution is 6.17. The molecule has 0 aromatic heterocycles. The van der Waals surface area contributed by atoms with E-state index in [2.05, 4.69) is 62.4 Å². The van der Waals surface area contributed by atoms with E-state index in [0.717, 1.165) is 17.7 Å². The Morgan fingerprint density at radius 1 is 0.800 bits per heavy atom. The largest absolute Gasteiger partial charge is 0.488 e. The Bertz CT molecular complexity index is 823. The van der Waals surface area contributed by atoms with Gasteiger partial charge < -0.3 is 4.74 Å². The van der Waals surface area contributed by atoms with Crippen molar-refractivity contribution in [1.29, 1.82) is 0 Å². The van der Waals surface area contributed by atoms with Crippen molar-refractivity contribution in [2.75, 3.05) is 5.88 Å². The van der Waals surface area contributed by atoms with Crippen LogP contribution >= 0.6 is 11.6 Å². The fourth-order valence-electron chi connectivity index (χ4n) is 3.05. The average molecular weight is 351 g/mol. The molecule has 25 heavy (non-hydrogen) atoms. The molecule has 0 aliphatic carbocycles. The molecule has 0 atom stereocenters. The predicted molar refractivity (Wildman–Crippen MR) is 107 cm³/mol. The summed E-state index contributed by atoms with van der Waals surface area (Å²) in [7, 11) is 0. The van der Waals surface area contributed by atoms with Gasteiger partial charge in [-0.05, 0) is 53.6 Å². The van der Waals surface area contributed by atoms with Gasteiger partial charge in [0, 0.05) is 5.88 Å². The zero-order valence-corrected chi connectivity index (χ0v) is 15.5. The maximum absolute atomic E-state index is 6.16. The molecule has 3 aromatic rings. The molecule has 0 fully saturated rings. The lowest BCUT2D eigenvalue weighted by Gasteiger charge is -2.16. The second-order valence-electron chi connectivity index (χ2n) is 6.29. The Hall–Kier alpha value is -2.25. The van der Waals surface area contributed by atoms with Crippen molar-refractivity contribution >= 4 is 11.6 Å². The van der Waals surface area contributed by atoms with Crippen molar-refractivity contribution < 1.29 is 4.74 Å². The van der Waals surface area contributed by atoms with Crippen molar-refractivity contribution in [2.24, 2.45) is 0 Å². The highest BCUT2D eigenvalue weighted by atomic mass is 35.5. The molecule has 0 aliphatic heterocycles. The summed E-state index contributed by atoms with van der Waals surface area (Å²) in [5, 5.41) is 0. The van der Waals surface area contributed by atoms with Gasteiger partial charge in [-0.1, -0.05) is 66.7 Å². The van der Waals surface area contributed by atoms with Gasteiger partial charge >= 0.3 is 0 Å². The molecule has 0 saturated heterocycles. The monoisotopic (exact) mass is 350 g/mol. The van der Waals surface area contributed by atoms with Crippen molar-refractivity contribution in [2.45, 2.75) is 26.9 Å². The molecule has 0 N–H and O–H groups in total. The van der Waals surface area contributed by atoms with Crippen molar-refractivity contribution in [3.63, 3.8) is 0 Å². The van der Waals surface area contributed by atoms with Gasteiger partial charge in [0.2, 0.25) is 0 Å². The number of halogens is 1. The zero-order chi connectivity index (χ0) is 17.6. The number of hydrogen-bond acceptors (Lipinski definition) is 1. The van der Waals surface area contributed by atoms with Gasteiger partial charge in [-0.2, -0.15) is 0 Å². The van der Waals surface area contributed by atoms with Gasteiger partial charge in [-0.15, -0.1) is 11.6 Å². The third-order valence-corrected chi connectivity index (χ3v) is 4.67. The van der Waals surface area contributed by atoms with Crippen molar-refractivity contribution in [3.8, 4) is 16.9 Å². The Kier molecular flexibility index (Phi) is 5.78. The molecular formula is C23H23ClO. The van der Waals surface area contributed by atoms with E-state index in [4.69, 9.17) is 16.3 Å². The minimum Gasteiger partial charge on any atom is -0.488 e. The summed E-state index contributed by atoms with van der Waals surface area (Å²) in [5.41, 5.74) is 7.21. The van der Waals surface area contributed by atoms with Crippen molar-refractivity contribution in [3.05, 3.63) is 89.0 Å². The first-order valence-electron chi connectivity index (χ1n) is 8.61. The highest BCUT2D eigenvalue weighted by Gasteiger charge is 2.11. The molecule has 0 heterocycles. The fourth-order valence-corrected chi connectivity index (χ4v) is 3.27. The molecule has 0 spiro atoms. The lowest BCUT2D eigenvalue weighted by Crippen LogP contribution is -2.00. The van der Waals surface area contributed by atoms with Gasteiger partial charge in [-0.3, -0.25) is 0 Å². The van der Waals surface area contributed by atoms with E-state index in [9.17, 15) is 0 Å². The molecule has 128 valence electrons. The summed E-state index contributed by atoms with van der Waals surface area (Å²) in [4.78, 5) is 0. The van der Waals surface area contributed by atoms with Gasteiger partial charge in [0.05, 0.1) is 0 Å². The van der Waals surface area contributed by atoms with Crippen LogP contribution < -0.4 is 4.74 Å². The number of aryl methyl sites for hydroxylation is 2. The first kappa shape index (κ1) is 17.6. The topological polar surface area (TPSA) is 9.23 Å². The van der Waals surface area contributed by atoms with Crippen LogP contribution in [0.1, 0.15) is 22.3 Å². The lowest BCUT2D eigenvalue weighted by atomic mass is 9.96. The van der Waals surface area contributed by atoms with Crippen LogP contribution in [0, 0.1) is 13.8 Å². The van der Waals surface area contributed by atoms with Crippen LogP contribution in [-0.4, -0.2) is 5.88 Å². The standard InChI is InChI=1S/C23H23ClO/c1-17-8-13-22(21-11-9-19(10-12-21)14-15-24)18(2)23(17)25-16-20-6-4-3-5-7-20/h3-13H,14-16H2,1-2H3. The Morgan fingerprint density at radius 3 is 2.20 bits per heavy atom. The van der Waals surface area contributed by atoms with Crippen LogP contribution in [-0.2, 0) is 13.0 Å². The van der Waals surface area contributed by atoms with Crippen molar-refractivity contribution in [1.82, 2.24) is 0 Å². The highest BCUT2D eigenvalue weighted by Crippen LogP contribution is 2.33. The number of alkyl halides is 1. The first-order valence-corrected chi connectivity index (χ1v) is 9.14. The van der Waals surface area contributed by atoms with Crippen LogP contribution in [0.3, 0.4) is 0 Å². The Balaban J connectivity index is 1.86. The van der Waals surface area contributed by atoms with Gasteiger partial charge in [0.25, 0.3) is 0 Å². The minimum atomic E-state index is 0.584. The molecule has 2 heteroatoms. The third-order valence-electron chi connectivity index (χ3n) is 4.48. The molecular weight excluding hydrogens is 328 g/mol. The van der Waals surface area contributed by atoms with E-state index in [1.54, 1.807) is 0 Å². The summed E-state index contributed by atoms with van der Waals surface area (Å²) < 4.78 is 6.16. The molecule has 0 radical (unpaired) electrons. The van der Waals surface area contributed by atoms with Crippen LogP contribution in [0.25, 0.3) is 11.1 Å². The normalized spacial score (nSPS) is 10.7. The van der Waals surface area contributed by atoms with E-state index in [-0.39, 0.29) is 0 Å². The SMILES string of the molecule is Cc1ccc(-c2ccc(CCCl)cc2)c(C)c1OCc1ccccc1. The van der Waals surface area contributed by atoms with Crippen LogP contribution in [0.4, 0.5) is 0 Å². The second-order valence-corrected chi connectivity index (χ2v) is 6.67. The molecule has 0 saturated carbocycles. The molecule has 0 bridgehead atoms. The molecule has 0 unspecified atom stereocenters. The summed E-state index contributed by atoms with van der Waals surface area (Å²) in [6.07, 6.45) is 0.903. The second kappa shape index (κ2) is 8.22. The number of benzene rings is 3. The minimum absolute atomic E-state index is 0.584. The maximum Gasteiger partial charge on any atom is 0.126 e. The maximum atomic E-state index is 6.16. The van der Waals surface area contributed by atoms with Crippen LogP contribution in [0.5, 0.6) is 5.75 Å². The van der Waals surface area contributed by atoms with E-state index in [1.165, 1.54) is 27.8 Å². The predicted octanol–water partition coefficient (Wildman–Crippen LogP) is 6.33. The summed E-state index contributed by atoms with van der Waals surface area (Å²) in [5.74, 6) is 1.63. The average Bonchev–Trinajstić information content (AvgIpc) is 2.64. The van der Waals surface area contributed by atoms with Crippen LogP contribution in [0.15, 0.2) is 66.7 Å². The van der Waals surface area contributed by atoms with E-state index in [1.807, 2.05) is 18.2 Å². The fraction of sp³-hybridized carbons (Fsp3) is 0.217. The third kappa shape index (κ3) is 4.24. The molecule has 3 rings (SSSR count). The summed E-state index contributed by atoms with van der Waals surface area (Å²) >= 11 is 5.83. The summed E-state index contributed by atoms with van der Waals surface area (Å²) in [6, 6.07) is 23.2. The number of hydrogen-bond donors (Lipinski definition) is 0. The van der Waals surface area contributed by atoms with Crippen LogP contribution in [0.2, 0.25) is 0 Å². The molecule has 1 nitrogen and oxygen atoms in total.